The largest absolute Gasteiger partial charge is 0.254 e. The predicted molar refractivity (Wildman–Crippen MR) is 66.2 cm³/mol. The lowest BCUT2D eigenvalue weighted by molar-refractivity contribution is 0.651. The van der Waals surface area contributed by atoms with Crippen molar-refractivity contribution in [2.24, 2.45) is 0 Å². The number of para-hydroxylation sites is 1. The third kappa shape index (κ3) is 1.48. The molecule has 78 valence electrons. The zero-order valence-corrected chi connectivity index (χ0v) is 8.82. The van der Waals surface area contributed by atoms with Gasteiger partial charge in [-0.15, -0.1) is 0 Å². The molecule has 0 saturated heterocycles. The Morgan fingerprint density at radius 3 is 2.50 bits per heavy atom. The Bertz CT molecular complexity index is 572. The summed E-state index contributed by atoms with van der Waals surface area (Å²) in [6.45, 7) is 0. The van der Waals surface area contributed by atoms with E-state index in [1.807, 2.05) is 35.2 Å². The SMILES string of the molecule is C1=CC=CC(n2ncc3ccccc32)C=C1. The van der Waals surface area contributed by atoms with E-state index in [-0.39, 0.29) is 6.04 Å². The van der Waals surface area contributed by atoms with E-state index in [1.165, 1.54) is 10.9 Å². The van der Waals surface area contributed by atoms with Crippen LogP contribution in [0.25, 0.3) is 10.9 Å². The van der Waals surface area contributed by atoms with E-state index in [9.17, 15) is 0 Å². The van der Waals surface area contributed by atoms with E-state index in [4.69, 9.17) is 0 Å². The minimum Gasteiger partial charge on any atom is -0.254 e. The maximum Gasteiger partial charge on any atom is 0.0893 e. The molecule has 1 heterocycles. The van der Waals surface area contributed by atoms with E-state index in [2.05, 4.69) is 41.5 Å². The minimum absolute atomic E-state index is 0.204. The summed E-state index contributed by atoms with van der Waals surface area (Å²) in [4.78, 5) is 0. The van der Waals surface area contributed by atoms with Crippen LogP contribution in [0.5, 0.6) is 0 Å². The Labute approximate surface area is 94.2 Å². The number of rotatable bonds is 1. The maximum absolute atomic E-state index is 4.45. The maximum atomic E-state index is 4.45. The average Bonchev–Trinajstić information content (AvgIpc) is 2.57. The van der Waals surface area contributed by atoms with Crippen molar-refractivity contribution in [3.63, 3.8) is 0 Å². The van der Waals surface area contributed by atoms with Crippen molar-refractivity contribution in [2.45, 2.75) is 6.04 Å². The van der Waals surface area contributed by atoms with Crippen LogP contribution in [0.3, 0.4) is 0 Å². The van der Waals surface area contributed by atoms with Gasteiger partial charge in [0.2, 0.25) is 0 Å². The lowest BCUT2D eigenvalue weighted by Crippen LogP contribution is -2.04. The molecule has 1 aliphatic carbocycles. The van der Waals surface area contributed by atoms with Crippen LogP contribution < -0.4 is 0 Å². The van der Waals surface area contributed by atoms with Crippen LogP contribution in [-0.2, 0) is 0 Å². The molecule has 0 radical (unpaired) electrons. The van der Waals surface area contributed by atoms with Crippen LogP contribution >= 0.6 is 0 Å². The molecule has 0 saturated carbocycles. The Kier molecular flexibility index (Phi) is 2.18. The monoisotopic (exact) mass is 208 g/mol. The molecule has 0 amide bonds. The predicted octanol–water partition coefficient (Wildman–Crippen LogP) is 3.26. The number of hydrogen-bond donors (Lipinski definition) is 0. The standard InChI is InChI=1S/C14H12N2/c1-2-4-9-13(8-3-1)16-14-10-6-5-7-12(14)11-15-16/h1-11,13H. The van der Waals surface area contributed by atoms with Gasteiger partial charge in [-0.3, -0.25) is 4.68 Å². The summed E-state index contributed by atoms with van der Waals surface area (Å²) in [5, 5.41) is 5.63. The number of benzene rings is 1. The van der Waals surface area contributed by atoms with Crippen LogP contribution in [0.15, 0.2) is 66.9 Å². The van der Waals surface area contributed by atoms with Gasteiger partial charge in [0.15, 0.2) is 0 Å². The van der Waals surface area contributed by atoms with E-state index in [0.29, 0.717) is 0 Å². The van der Waals surface area contributed by atoms with Crippen molar-refractivity contribution in [3.8, 4) is 0 Å². The summed E-state index contributed by atoms with van der Waals surface area (Å²) in [7, 11) is 0. The highest BCUT2D eigenvalue weighted by molar-refractivity contribution is 5.78. The number of fused-ring (bicyclic) bond motifs is 1. The summed E-state index contributed by atoms with van der Waals surface area (Å²) >= 11 is 0. The summed E-state index contributed by atoms with van der Waals surface area (Å²) in [5.41, 5.74) is 1.17. The molecule has 1 aromatic heterocycles. The average molecular weight is 208 g/mol. The van der Waals surface area contributed by atoms with Crippen molar-refractivity contribution in [1.82, 2.24) is 9.78 Å². The molecule has 1 aromatic carbocycles. The first-order valence-electron chi connectivity index (χ1n) is 5.39. The molecule has 0 aliphatic heterocycles. The van der Waals surface area contributed by atoms with Crippen LogP contribution in [-0.4, -0.2) is 9.78 Å². The Morgan fingerprint density at radius 1 is 0.938 bits per heavy atom. The fourth-order valence-electron chi connectivity index (χ4n) is 1.94. The van der Waals surface area contributed by atoms with Gasteiger partial charge in [0.25, 0.3) is 0 Å². The van der Waals surface area contributed by atoms with Crippen LogP contribution in [0.2, 0.25) is 0 Å². The first-order valence-corrected chi connectivity index (χ1v) is 5.39. The molecule has 16 heavy (non-hydrogen) atoms. The van der Waals surface area contributed by atoms with Crippen LogP contribution in [0, 0.1) is 0 Å². The first kappa shape index (κ1) is 9.16. The zero-order chi connectivity index (χ0) is 10.8. The molecule has 0 N–H and O–H groups in total. The number of aromatic nitrogens is 2. The summed E-state index contributed by atoms with van der Waals surface area (Å²) < 4.78 is 2.04. The van der Waals surface area contributed by atoms with E-state index in [1.54, 1.807) is 0 Å². The van der Waals surface area contributed by atoms with Crippen molar-refractivity contribution in [2.75, 3.05) is 0 Å². The van der Waals surface area contributed by atoms with Crippen molar-refractivity contribution < 1.29 is 0 Å². The van der Waals surface area contributed by atoms with Gasteiger partial charge in [-0.2, -0.15) is 5.10 Å². The smallest absolute Gasteiger partial charge is 0.0893 e. The molecular formula is C14H12N2. The Hall–Kier alpha value is -2.09. The molecule has 0 bridgehead atoms. The summed E-state index contributed by atoms with van der Waals surface area (Å²) in [6, 6.07) is 8.47. The third-order valence-electron chi connectivity index (χ3n) is 2.74. The number of nitrogens with zero attached hydrogens (tertiary/aromatic N) is 2. The van der Waals surface area contributed by atoms with Crippen molar-refractivity contribution >= 4 is 10.9 Å². The molecular weight excluding hydrogens is 196 g/mol. The van der Waals surface area contributed by atoms with Crippen LogP contribution in [0.4, 0.5) is 0 Å². The highest BCUT2D eigenvalue weighted by Crippen LogP contribution is 2.20. The Morgan fingerprint density at radius 2 is 1.69 bits per heavy atom. The second-order valence-corrected chi connectivity index (χ2v) is 3.79. The number of allylic oxidation sites excluding steroid dienone is 6. The fraction of sp³-hybridized carbons (Fsp3) is 0.0714. The molecule has 2 heteroatoms. The molecule has 2 nitrogen and oxygen atoms in total. The lowest BCUT2D eigenvalue weighted by atomic mass is 10.2. The normalized spacial score (nSPS) is 15.8. The summed E-state index contributed by atoms with van der Waals surface area (Å²) in [5.74, 6) is 0. The fourth-order valence-corrected chi connectivity index (χ4v) is 1.94. The molecule has 0 unspecified atom stereocenters. The molecule has 0 fully saturated rings. The van der Waals surface area contributed by atoms with Crippen molar-refractivity contribution in [1.29, 1.82) is 0 Å². The lowest BCUT2D eigenvalue weighted by Gasteiger charge is -2.09. The molecule has 2 aromatic rings. The van der Waals surface area contributed by atoms with Gasteiger partial charge in [0.1, 0.15) is 0 Å². The van der Waals surface area contributed by atoms with Gasteiger partial charge < -0.3 is 0 Å². The van der Waals surface area contributed by atoms with E-state index in [0.717, 1.165) is 0 Å². The highest BCUT2D eigenvalue weighted by atomic mass is 15.3. The van der Waals surface area contributed by atoms with E-state index >= 15 is 0 Å². The van der Waals surface area contributed by atoms with Gasteiger partial charge >= 0.3 is 0 Å². The minimum atomic E-state index is 0.204. The quantitative estimate of drug-likeness (QED) is 0.703. The Balaban J connectivity index is 2.12. The summed E-state index contributed by atoms with van der Waals surface area (Å²) in [6.07, 6.45) is 14.4. The zero-order valence-electron chi connectivity index (χ0n) is 8.82. The second-order valence-electron chi connectivity index (χ2n) is 3.79. The molecule has 3 rings (SSSR count). The van der Waals surface area contributed by atoms with Crippen molar-refractivity contribution in [3.05, 3.63) is 66.9 Å². The second kappa shape index (κ2) is 3.81. The highest BCUT2D eigenvalue weighted by Gasteiger charge is 2.08. The number of hydrogen-bond acceptors (Lipinski definition) is 1. The van der Waals surface area contributed by atoms with Gasteiger partial charge in [-0.05, 0) is 6.07 Å². The molecule has 0 spiro atoms. The molecule has 1 aliphatic rings. The van der Waals surface area contributed by atoms with Gasteiger partial charge in [-0.25, -0.2) is 0 Å². The van der Waals surface area contributed by atoms with Crippen LogP contribution in [0.1, 0.15) is 6.04 Å². The molecule has 0 atom stereocenters. The van der Waals surface area contributed by atoms with Gasteiger partial charge in [0.05, 0.1) is 17.8 Å². The topological polar surface area (TPSA) is 17.8 Å². The third-order valence-corrected chi connectivity index (χ3v) is 2.74. The van der Waals surface area contributed by atoms with Gasteiger partial charge in [0, 0.05) is 5.39 Å². The van der Waals surface area contributed by atoms with Gasteiger partial charge in [-0.1, -0.05) is 54.7 Å². The first-order chi connectivity index (χ1) is 7.95. The van der Waals surface area contributed by atoms with E-state index < -0.39 is 0 Å².